The van der Waals surface area contributed by atoms with Gasteiger partial charge in [-0.2, -0.15) is 0 Å². The molecule has 0 radical (unpaired) electrons. The molecule has 1 saturated heterocycles. The molecule has 1 fully saturated rings. The van der Waals surface area contributed by atoms with E-state index in [1.165, 1.54) is 27.4 Å². The summed E-state index contributed by atoms with van der Waals surface area (Å²) in [6.45, 7) is 2.20. The highest BCUT2D eigenvalue weighted by Gasteiger charge is 2.37. The maximum atomic E-state index is 14.1. The van der Waals surface area contributed by atoms with Gasteiger partial charge in [0.15, 0.2) is 0 Å². The molecule has 31 heavy (non-hydrogen) atoms. The van der Waals surface area contributed by atoms with Crippen LogP contribution in [0.5, 0.6) is 0 Å². The average Bonchev–Trinajstić information content (AvgIpc) is 3.17. The van der Waals surface area contributed by atoms with Crippen LogP contribution in [-0.4, -0.2) is 55.7 Å². The first-order valence-electron chi connectivity index (χ1n) is 9.60. The maximum Gasteiger partial charge on any atom is 0.274 e. The first kappa shape index (κ1) is 22.5. The quantitative estimate of drug-likeness (QED) is 0.597. The highest BCUT2D eigenvalue weighted by atomic mass is 35.6. The topological polar surface area (TPSA) is 60.9 Å². The van der Waals surface area contributed by atoms with Gasteiger partial charge in [0.25, 0.3) is 19.7 Å². The van der Waals surface area contributed by atoms with E-state index in [0.717, 1.165) is 17.3 Å². The van der Waals surface area contributed by atoms with Gasteiger partial charge in [-0.15, -0.1) is 0 Å². The Kier molecular flexibility index (Phi) is 6.02. The summed E-state index contributed by atoms with van der Waals surface area (Å²) >= 11 is 17.1. The number of anilines is 2. The van der Waals surface area contributed by atoms with Crippen molar-refractivity contribution in [3.63, 3.8) is 0 Å². The fourth-order valence-electron chi connectivity index (χ4n) is 3.92. The van der Waals surface area contributed by atoms with Gasteiger partial charge in [0, 0.05) is 38.4 Å². The molecule has 1 amide bonds. The summed E-state index contributed by atoms with van der Waals surface area (Å²) in [4.78, 5) is 15.4. The number of alkyl halides is 3. The average molecular weight is 507 g/mol. The van der Waals surface area contributed by atoms with Gasteiger partial charge in [-0.25, -0.2) is 12.8 Å². The third-order valence-corrected chi connectivity index (χ3v) is 7.83. The third kappa shape index (κ3) is 4.31. The molecule has 0 N–H and O–H groups in total. The van der Waals surface area contributed by atoms with E-state index in [9.17, 15) is 17.6 Å². The van der Waals surface area contributed by atoms with Crippen LogP contribution in [0.25, 0.3) is 0 Å². The molecule has 166 valence electrons. The normalized spacial score (nSPS) is 17.1. The Bertz CT molecular complexity index is 1120. The van der Waals surface area contributed by atoms with Gasteiger partial charge in [-0.1, -0.05) is 46.9 Å². The highest BCUT2D eigenvalue weighted by Crippen LogP contribution is 2.36. The minimum atomic E-state index is -3.99. The lowest BCUT2D eigenvalue weighted by Gasteiger charge is -2.37. The molecule has 0 bridgehead atoms. The molecule has 2 aromatic carbocycles. The van der Waals surface area contributed by atoms with Gasteiger partial charge in [-0.05, 0) is 42.3 Å². The number of benzene rings is 2. The predicted octanol–water partition coefficient (Wildman–Crippen LogP) is 3.60. The summed E-state index contributed by atoms with van der Waals surface area (Å²) in [6.07, 6.45) is 0.530. The second-order valence-electron chi connectivity index (χ2n) is 7.35. The van der Waals surface area contributed by atoms with Crippen LogP contribution in [-0.2, 0) is 21.2 Å². The number of hydrogen-bond donors (Lipinski definition) is 0. The molecule has 0 aromatic heterocycles. The molecule has 2 aliphatic heterocycles. The summed E-state index contributed by atoms with van der Waals surface area (Å²) < 4.78 is 39.4. The molecular formula is C20H19Cl3FN3O3S. The molecule has 2 heterocycles. The fraction of sp³-hybridized carbons (Fsp3) is 0.350. The number of nitrogens with zero attached hydrogens (tertiary/aromatic N) is 3. The summed E-state index contributed by atoms with van der Waals surface area (Å²) in [5.74, 6) is -1.31. The molecule has 0 saturated carbocycles. The van der Waals surface area contributed by atoms with Crippen LogP contribution in [0.3, 0.4) is 0 Å². The summed E-state index contributed by atoms with van der Waals surface area (Å²) in [6, 6.07) is 10.9. The van der Waals surface area contributed by atoms with Gasteiger partial charge >= 0.3 is 0 Å². The van der Waals surface area contributed by atoms with Gasteiger partial charge in [0.05, 0.1) is 5.69 Å². The molecule has 4 rings (SSSR count). The summed E-state index contributed by atoms with van der Waals surface area (Å²) in [5, 5.41) is 0. The van der Waals surface area contributed by atoms with Gasteiger partial charge in [-0.3, -0.25) is 9.10 Å². The number of fused-ring (bicyclic) bond motifs is 1. The number of hydrogen-bond acceptors (Lipinski definition) is 4. The first-order chi connectivity index (χ1) is 14.6. The van der Waals surface area contributed by atoms with Gasteiger partial charge in [0.2, 0.25) is 0 Å². The molecule has 2 aromatic rings. The molecule has 2 aliphatic rings. The van der Waals surface area contributed by atoms with Crippen molar-refractivity contribution in [2.24, 2.45) is 0 Å². The zero-order valence-corrected chi connectivity index (χ0v) is 19.4. The van der Waals surface area contributed by atoms with E-state index in [2.05, 4.69) is 4.90 Å². The highest BCUT2D eigenvalue weighted by molar-refractivity contribution is 7.92. The Morgan fingerprint density at radius 1 is 0.968 bits per heavy atom. The van der Waals surface area contributed by atoms with Crippen molar-refractivity contribution in [2.75, 3.05) is 41.9 Å². The fourth-order valence-corrected chi connectivity index (χ4v) is 5.85. The van der Waals surface area contributed by atoms with E-state index >= 15 is 0 Å². The van der Waals surface area contributed by atoms with E-state index in [0.29, 0.717) is 38.3 Å². The van der Waals surface area contributed by atoms with Gasteiger partial charge in [0.1, 0.15) is 10.7 Å². The van der Waals surface area contributed by atoms with E-state index in [1.54, 1.807) is 6.07 Å². The smallest absolute Gasteiger partial charge is 0.274 e. The number of halogens is 4. The number of piperazine rings is 1. The van der Waals surface area contributed by atoms with Crippen molar-refractivity contribution >= 4 is 62.1 Å². The van der Waals surface area contributed by atoms with Crippen molar-refractivity contribution in [3.8, 4) is 0 Å². The van der Waals surface area contributed by atoms with E-state index in [1.807, 2.05) is 12.1 Å². The van der Waals surface area contributed by atoms with Crippen LogP contribution in [0, 0.1) is 5.82 Å². The van der Waals surface area contributed by atoms with Crippen molar-refractivity contribution in [1.29, 1.82) is 0 Å². The van der Waals surface area contributed by atoms with Crippen LogP contribution in [0.1, 0.15) is 5.56 Å². The Morgan fingerprint density at radius 2 is 1.65 bits per heavy atom. The minimum Gasteiger partial charge on any atom is -0.368 e. The second kappa shape index (κ2) is 8.31. The maximum absolute atomic E-state index is 14.1. The van der Waals surface area contributed by atoms with Crippen molar-refractivity contribution in [3.05, 3.63) is 53.8 Å². The monoisotopic (exact) mass is 505 g/mol. The number of rotatable bonds is 3. The third-order valence-electron chi connectivity index (χ3n) is 5.50. The summed E-state index contributed by atoms with van der Waals surface area (Å²) in [7, 11) is -3.99. The zero-order chi connectivity index (χ0) is 22.4. The molecule has 0 unspecified atom stereocenters. The number of sulfonamides is 1. The lowest BCUT2D eigenvalue weighted by atomic mass is 10.1. The number of carbonyl (C=O) groups excluding carboxylic acids is 1. The lowest BCUT2D eigenvalue weighted by molar-refractivity contribution is -0.130. The first-order valence-corrected chi connectivity index (χ1v) is 12.2. The number of amides is 1. The van der Waals surface area contributed by atoms with Crippen molar-refractivity contribution in [1.82, 2.24) is 4.90 Å². The molecule has 11 heteroatoms. The minimum absolute atomic E-state index is 0.251. The molecule has 6 nitrogen and oxygen atoms in total. The zero-order valence-electron chi connectivity index (χ0n) is 16.3. The van der Waals surface area contributed by atoms with E-state index in [-0.39, 0.29) is 11.4 Å². The number of carbonyl (C=O) groups is 1. The Hall–Kier alpha value is -1.74. The largest absolute Gasteiger partial charge is 0.368 e. The van der Waals surface area contributed by atoms with E-state index in [4.69, 9.17) is 34.8 Å². The van der Waals surface area contributed by atoms with Crippen LogP contribution >= 0.6 is 34.8 Å². The molecular weight excluding hydrogens is 488 g/mol. The van der Waals surface area contributed by atoms with Crippen LogP contribution in [0.15, 0.2) is 47.4 Å². The Morgan fingerprint density at radius 3 is 2.29 bits per heavy atom. The lowest BCUT2D eigenvalue weighted by Crippen LogP contribution is -2.51. The van der Waals surface area contributed by atoms with Crippen LogP contribution in [0.4, 0.5) is 15.8 Å². The second-order valence-corrected chi connectivity index (χ2v) is 11.5. The molecule has 0 aliphatic carbocycles. The predicted molar refractivity (Wildman–Crippen MR) is 120 cm³/mol. The van der Waals surface area contributed by atoms with Gasteiger partial charge < -0.3 is 9.80 Å². The SMILES string of the molecule is O=C(N1CCN(c2ccc3c(c2)CCN3S(=O)(=O)c2ccccc2F)CC1)C(Cl)(Cl)Cl. The summed E-state index contributed by atoms with van der Waals surface area (Å²) in [5.41, 5.74) is 2.35. The van der Waals surface area contributed by atoms with Crippen LogP contribution in [0.2, 0.25) is 0 Å². The van der Waals surface area contributed by atoms with E-state index < -0.39 is 25.5 Å². The van der Waals surface area contributed by atoms with Crippen LogP contribution < -0.4 is 9.21 Å². The van der Waals surface area contributed by atoms with Crippen molar-refractivity contribution < 1.29 is 17.6 Å². The Labute approximate surface area is 195 Å². The Balaban J connectivity index is 1.51. The standard InChI is InChI=1S/C20H19Cl3FN3O3S/c21-20(22,23)19(28)26-11-9-25(10-12-26)15-5-6-17-14(13-15)7-8-27(17)31(29,30)18-4-2-1-3-16(18)24/h1-6,13H,7-12H2. The van der Waals surface area contributed by atoms with Crippen molar-refractivity contribution in [2.45, 2.75) is 15.1 Å². The molecule has 0 spiro atoms. The molecule has 0 atom stereocenters.